The third kappa shape index (κ3) is 4.44. The largest absolute Gasteiger partial charge is 0.466 e. The molecule has 1 aromatic heterocycles. The van der Waals surface area contributed by atoms with Crippen molar-refractivity contribution in [3.8, 4) is 0 Å². The summed E-state index contributed by atoms with van der Waals surface area (Å²) in [6.45, 7) is 0.776. The predicted octanol–water partition coefficient (Wildman–Crippen LogP) is 2.13. The Morgan fingerprint density at radius 2 is 2.00 bits per heavy atom. The Hall–Kier alpha value is -2.11. The molecular weight excluding hydrogens is 268 g/mol. The van der Waals surface area contributed by atoms with E-state index in [0.717, 1.165) is 18.7 Å². The average molecular weight is 288 g/mol. The molecule has 1 aromatic carbocycles. The maximum atomic E-state index is 12.0. The van der Waals surface area contributed by atoms with Gasteiger partial charge in [-0.05, 0) is 44.3 Å². The van der Waals surface area contributed by atoms with Gasteiger partial charge in [0.15, 0.2) is 0 Å². The molecule has 5 nitrogen and oxygen atoms in total. The molecule has 2 N–H and O–H groups in total. The number of carbonyl (C=O) groups is 1. The minimum absolute atomic E-state index is 0.214. The summed E-state index contributed by atoms with van der Waals surface area (Å²) >= 11 is 0. The molecule has 0 atom stereocenters. The van der Waals surface area contributed by atoms with Crippen LogP contribution < -0.4 is 5.32 Å². The van der Waals surface area contributed by atoms with Crippen LogP contribution in [0.3, 0.4) is 0 Å². The van der Waals surface area contributed by atoms with E-state index in [1.54, 1.807) is 0 Å². The van der Waals surface area contributed by atoms with Crippen molar-refractivity contribution in [1.29, 1.82) is 0 Å². The number of furan rings is 1. The van der Waals surface area contributed by atoms with Gasteiger partial charge in [0.2, 0.25) is 0 Å². The van der Waals surface area contributed by atoms with Crippen molar-refractivity contribution in [2.45, 2.75) is 13.0 Å². The number of carbonyl (C=O) groups excluding carboxylic acids is 1. The van der Waals surface area contributed by atoms with Crippen LogP contribution in [-0.2, 0) is 13.0 Å². The number of hydrogen-bond acceptors (Lipinski definition) is 4. The van der Waals surface area contributed by atoms with Crippen molar-refractivity contribution < 1.29 is 14.3 Å². The van der Waals surface area contributed by atoms with E-state index in [-0.39, 0.29) is 12.5 Å². The fourth-order valence-corrected chi connectivity index (χ4v) is 1.89. The first-order valence-electron chi connectivity index (χ1n) is 6.82. The van der Waals surface area contributed by atoms with Crippen LogP contribution >= 0.6 is 0 Å². The maximum absolute atomic E-state index is 12.0. The molecule has 2 rings (SSSR count). The van der Waals surface area contributed by atoms with Gasteiger partial charge in [-0.3, -0.25) is 4.79 Å². The Kier molecular flexibility index (Phi) is 5.14. The van der Waals surface area contributed by atoms with Crippen molar-refractivity contribution in [3.63, 3.8) is 0 Å². The number of hydrogen-bond donors (Lipinski definition) is 2. The van der Waals surface area contributed by atoms with Crippen LogP contribution in [0, 0.1) is 0 Å². The van der Waals surface area contributed by atoms with Gasteiger partial charge in [0.05, 0.1) is 5.56 Å². The third-order valence-electron chi connectivity index (χ3n) is 3.13. The lowest BCUT2D eigenvalue weighted by Gasteiger charge is -2.10. The van der Waals surface area contributed by atoms with Crippen LogP contribution in [0.2, 0.25) is 0 Å². The number of aliphatic hydroxyl groups excluding tert-OH is 1. The van der Waals surface area contributed by atoms with Gasteiger partial charge in [-0.1, -0.05) is 12.1 Å². The minimum Gasteiger partial charge on any atom is -0.466 e. The molecule has 0 unspecified atom stereocenters. The standard InChI is InChI=1S/C16H20N2O3/c1-18(2)8-7-12-3-5-14(6-4-12)17-16(20)13-9-15(10-19)21-11-13/h3-6,9,11,19H,7-8,10H2,1-2H3,(H,17,20). The molecule has 0 fully saturated rings. The van der Waals surface area contributed by atoms with Crippen LogP contribution in [0.4, 0.5) is 5.69 Å². The van der Waals surface area contributed by atoms with E-state index in [0.29, 0.717) is 11.3 Å². The summed E-state index contributed by atoms with van der Waals surface area (Å²) in [4.78, 5) is 14.1. The van der Waals surface area contributed by atoms with E-state index in [4.69, 9.17) is 9.52 Å². The zero-order valence-electron chi connectivity index (χ0n) is 12.3. The summed E-state index contributed by atoms with van der Waals surface area (Å²) in [5.74, 6) is 0.124. The van der Waals surface area contributed by atoms with E-state index in [1.807, 2.05) is 38.4 Å². The highest BCUT2D eigenvalue weighted by atomic mass is 16.4. The lowest BCUT2D eigenvalue weighted by Crippen LogP contribution is -2.15. The third-order valence-corrected chi connectivity index (χ3v) is 3.13. The summed E-state index contributed by atoms with van der Waals surface area (Å²) in [5.41, 5.74) is 2.36. The molecule has 0 radical (unpaired) electrons. The van der Waals surface area contributed by atoms with Gasteiger partial charge in [-0.25, -0.2) is 0 Å². The number of benzene rings is 1. The molecule has 0 aliphatic carbocycles. The Balaban J connectivity index is 1.94. The monoisotopic (exact) mass is 288 g/mol. The Bertz CT molecular complexity index is 588. The lowest BCUT2D eigenvalue weighted by atomic mass is 10.1. The highest BCUT2D eigenvalue weighted by Crippen LogP contribution is 2.14. The number of anilines is 1. The lowest BCUT2D eigenvalue weighted by molar-refractivity contribution is 0.102. The Morgan fingerprint density at radius 1 is 1.29 bits per heavy atom. The van der Waals surface area contributed by atoms with Crippen molar-refractivity contribution in [2.75, 3.05) is 26.0 Å². The SMILES string of the molecule is CN(C)CCc1ccc(NC(=O)c2coc(CO)c2)cc1. The van der Waals surface area contributed by atoms with Gasteiger partial charge in [-0.2, -0.15) is 0 Å². The normalized spacial score (nSPS) is 10.9. The van der Waals surface area contributed by atoms with Crippen LogP contribution in [0.5, 0.6) is 0 Å². The molecule has 0 spiro atoms. The molecule has 0 bridgehead atoms. The fourth-order valence-electron chi connectivity index (χ4n) is 1.89. The number of nitrogens with one attached hydrogen (secondary N) is 1. The van der Waals surface area contributed by atoms with Gasteiger partial charge in [0.25, 0.3) is 5.91 Å². The first-order valence-corrected chi connectivity index (χ1v) is 6.82. The van der Waals surface area contributed by atoms with Crippen molar-refractivity contribution in [1.82, 2.24) is 4.90 Å². The van der Waals surface area contributed by atoms with Crippen molar-refractivity contribution in [3.05, 3.63) is 53.5 Å². The first-order chi connectivity index (χ1) is 10.1. The number of amides is 1. The van der Waals surface area contributed by atoms with E-state index >= 15 is 0 Å². The van der Waals surface area contributed by atoms with Gasteiger partial charge < -0.3 is 19.7 Å². The predicted molar refractivity (Wildman–Crippen MR) is 81.3 cm³/mol. The highest BCUT2D eigenvalue weighted by Gasteiger charge is 2.10. The summed E-state index contributed by atoms with van der Waals surface area (Å²) < 4.78 is 5.03. The summed E-state index contributed by atoms with van der Waals surface area (Å²) in [7, 11) is 4.08. The average Bonchev–Trinajstić information content (AvgIpc) is 2.95. The van der Waals surface area contributed by atoms with Gasteiger partial charge in [0.1, 0.15) is 18.6 Å². The van der Waals surface area contributed by atoms with Gasteiger partial charge in [-0.15, -0.1) is 0 Å². The number of nitrogens with zero attached hydrogens (tertiary/aromatic N) is 1. The fraction of sp³-hybridized carbons (Fsp3) is 0.312. The number of likely N-dealkylation sites (N-methyl/N-ethyl adjacent to an activating group) is 1. The van der Waals surface area contributed by atoms with Crippen molar-refractivity contribution >= 4 is 11.6 Å². The molecular formula is C16H20N2O3. The molecule has 0 saturated heterocycles. The molecule has 1 heterocycles. The molecule has 5 heteroatoms. The first kappa shape index (κ1) is 15.3. The summed E-state index contributed by atoms with van der Waals surface area (Å²) in [6, 6.07) is 9.31. The summed E-state index contributed by atoms with van der Waals surface area (Å²) in [5, 5.41) is 11.7. The van der Waals surface area contributed by atoms with Crippen LogP contribution in [0.1, 0.15) is 21.7 Å². The van der Waals surface area contributed by atoms with E-state index < -0.39 is 0 Å². The zero-order valence-corrected chi connectivity index (χ0v) is 12.3. The molecule has 0 aliphatic rings. The van der Waals surface area contributed by atoms with E-state index in [1.165, 1.54) is 17.9 Å². The van der Waals surface area contributed by atoms with E-state index in [9.17, 15) is 4.79 Å². The zero-order chi connectivity index (χ0) is 15.2. The van der Waals surface area contributed by atoms with Gasteiger partial charge in [0, 0.05) is 12.2 Å². The van der Waals surface area contributed by atoms with Crippen LogP contribution in [0.25, 0.3) is 0 Å². The molecule has 112 valence electrons. The van der Waals surface area contributed by atoms with E-state index in [2.05, 4.69) is 10.2 Å². The molecule has 1 amide bonds. The van der Waals surface area contributed by atoms with Crippen LogP contribution in [0.15, 0.2) is 41.0 Å². The molecule has 0 saturated carbocycles. The van der Waals surface area contributed by atoms with Crippen LogP contribution in [-0.4, -0.2) is 36.6 Å². The van der Waals surface area contributed by atoms with Gasteiger partial charge >= 0.3 is 0 Å². The highest BCUT2D eigenvalue weighted by molar-refractivity contribution is 6.04. The second-order valence-electron chi connectivity index (χ2n) is 5.16. The second kappa shape index (κ2) is 7.06. The second-order valence-corrected chi connectivity index (χ2v) is 5.16. The smallest absolute Gasteiger partial charge is 0.258 e. The molecule has 21 heavy (non-hydrogen) atoms. The maximum Gasteiger partial charge on any atom is 0.258 e. The summed E-state index contributed by atoms with van der Waals surface area (Å²) in [6.07, 6.45) is 2.31. The van der Waals surface area contributed by atoms with Crippen molar-refractivity contribution in [2.24, 2.45) is 0 Å². The topological polar surface area (TPSA) is 65.7 Å². The number of aliphatic hydroxyl groups is 1. The quantitative estimate of drug-likeness (QED) is 0.854. The number of rotatable bonds is 6. The minimum atomic E-state index is -0.250. The Morgan fingerprint density at radius 3 is 2.57 bits per heavy atom. The Labute approximate surface area is 124 Å². The molecule has 2 aromatic rings. The molecule has 0 aliphatic heterocycles.